The first-order chi connectivity index (χ1) is 12.9. The third-order valence-corrected chi connectivity index (χ3v) is 5.31. The second-order valence-corrected chi connectivity index (χ2v) is 6.95. The SMILES string of the molecule is COc1ccc(OC)c(C2CCCN2C(=O)c2[nH]c(C)c(C(C)=O)c2C)c1. The number of hydrogen-bond acceptors (Lipinski definition) is 4. The van der Waals surface area contributed by atoms with Crippen LogP contribution in [0.3, 0.4) is 0 Å². The van der Waals surface area contributed by atoms with E-state index in [-0.39, 0.29) is 17.7 Å². The van der Waals surface area contributed by atoms with Crippen molar-refractivity contribution in [2.45, 2.75) is 39.7 Å². The van der Waals surface area contributed by atoms with Crippen LogP contribution >= 0.6 is 0 Å². The Labute approximate surface area is 159 Å². The van der Waals surface area contributed by atoms with Crippen molar-refractivity contribution in [3.05, 3.63) is 46.3 Å². The van der Waals surface area contributed by atoms with Gasteiger partial charge in [-0.1, -0.05) is 0 Å². The Morgan fingerprint density at radius 3 is 2.52 bits per heavy atom. The minimum Gasteiger partial charge on any atom is -0.497 e. The minimum atomic E-state index is -0.0914. The van der Waals surface area contributed by atoms with Gasteiger partial charge in [0.2, 0.25) is 0 Å². The molecular weight excluding hydrogens is 344 g/mol. The number of carbonyl (C=O) groups excluding carboxylic acids is 2. The molecule has 3 rings (SSSR count). The molecule has 0 radical (unpaired) electrons. The van der Waals surface area contributed by atoms with Crippen molar-refractivity contribution in [1.82, 2.24) is 9.88 Å². The summed E-state index contributed by atoms with van der Waals surface area (Å²) in [5, 5.41) is 0. The summed E-state index contributed by atoms with van der Waals surface area (Å²) in [6.45, 7) is 5.84. The molecule has 2 heterocycles. The molecule has 1 aliphatic rings. The standard InChI is InChI=1S/C21H26N2O4/c1-12-19(14(3)24)13(2)22-20(12)21(25)23-10-6-7-17(23)16-11-15(26-4)8-9-18(16)27-5/h8-9,11,17,22H,6-7,10H2,1-5H3. The van der Waals surface area contributed by atoms with Gasteiger partial charge in [0, 0.05) is 23.4 Å². The molecule has 27 heavy (non-hydrogen) atoms. The number of amides is 1. The number of nitrogens with one attached hydrogen (secondary N) is 1. The lowest BCUT2D eigenvalue weighted by molar-refractivity contribution is 0.0727. The molecule has 0 spiro atoms. The molecule has 6 heteroatoms. The summed E-state index contributed by atoms with van der Waals surface area (Å²) in [7, 11) is 3.25. The molecule has 1 amide bonds. The summed E-state index contributed by atoms with van der Waals surface area (Å²) in [4.78, 5) is 30.2. The number of aromatic amines is 1. The number of ether oxygens (including phenoxy) is 2. The van der Waals surface area contributed by atoms with Gasteiger partial charge in [-0.2, -0.15) is 0 Å². The molecule has 1 fully saturated rings. The molecule has 1 aromatic carbocycles. The van der Waals surface area contributed by atoms with Crippen LogP contribution in [0.5, 0.6) is 11.5 Å². The van der Waals surface area contributed by atoms with Crippen LogP contribution in [0.1, 0.15) is 63.5 Å². The predicted octanol–water partition coefficient (Wildman–Crippen LogP) is 3.83. The third-order valence-electron chi connectivity index (χ3n) is 5.31. The van der Waals surface area contributed by atoms with Gasteiger partial charge in [-0.3, -0.25) is 9.59 Å². The van der Waals surface area contributed by atoms with Crippen molar-refractivity contribution in [1.29, 1.82) is 0 Å². The molecule has 1 unspecified atom stereocenters. The molecule has 1 aromatic heterocycles. The summed E-state index contributed by atoms with van der Waals surface area (Å²) in [6, 6.07) is 5.56. The van der Waals surface area contributed by atoms with E-state index in [9.17, 15) is 9.59 Å². The van der Waals surface area contributed by atoms with Crippen LogP contribution in [-0.4, -0.2) is 42.3 Å². The van der Waals surface area contributed by atoms with Gasteiger partial charge in [-0.05, 0) is 57.4 Å². The summed E-state index contributed by atoms with van der Waals surface area (Å²) < 4.78 is 10.9. The number of benzene rings is 1. The van der Waals surface area contributed by atoms with E-state index >= 15 is 0 Å². The molecule has 0 aliphatic carbocycles. The van der Waals surface area contributed by atoms with E-state index in [1.807, 2.05) is 36.9 Å². The number of aromatic nitrogens is 1. The average molecular weight is 370 g/mol. The maximum Gasteiger partial charge on any atom is 0.271 e. The monoisotopic (exact) mass is 370 g/mol. The van der Waals surface area contributed by atoms with Crippen LogP contribution in [0.25, 0.3) is 0 Å². The van der Waals surface area contributed by atoms with Gasteiger partial charge >= 0.3 is 0 Å². The zero-order valence-corrected chi connectivity index (χ0v) is 16.5. The zero-order chi connectivity index (χ0) is 19.7. The largest absolute Gasteiger partial charge is 0.497 e. The van der Waals surface area contributed by atoms with E-state index in [2.05, 4.69) is 4.98 Å². The Morgan fingerprint density at radius 2 is 1.93 bits per heavy atom. The first-order valence-corrected chi connectivity index (χ1v) is 9.12. The Bertz CT molecular complexity index is 885. The predicted molar refractivity (Wildman–Crippen MR) is 103 cm³/mol. The van der Waals surface area contributed by atoms with Crippen molar-refractivity contribution in [3.8, 4) is 11.5 Å². The average Bonchev–Trinajstić information content (AvgIpc) is 3.24. The fourth-order valence-electron chi connectivity index (χ4n) is 4.07. The van der Waals surface area contributed by atoms with Gasteiger partial charge in [-0.25, -0.2) is 0 Å². The molecule has 1 saturated heterocycles. The number of Topliss-reactive ketones (excluding diaryl/α,β-unsaturated/α-hetero) is 1. The Kier molecular flexibility index (Phi) is 5.26. The molecule has 1 N–H and O–H groups in total. The number of rotatable bonds is 5. The topological polar surface area (TPSA) is 71.6 Å². The van der Waals surface area contributed by atoms with Crippen LogP contribution in [-0.2, 0) is 0 Å². The quantitative estimate of drug-likeness (QED) is 0.812. The molecule has 0 bridgehead atoms. The highest BCUT2D eigenvalue weighted by atomic mass is 16.5. The van der Waals surface area contributed by atoms with E-state index in [1.165, 1.54) is 6.92 Å². The van der Waals surface area contributed by atoms with Crippen LogP contribution < -0.4 is 9.47 Å². The van der Waals surface area contributed by atoms with Crippen LogP contribution in [0.15, 0.2) is 18.2 Å². The zero-order valence-electron chi connectivity index (χ0n) is 16.5. The summed E-state index contributed by atoms with van der Waals surface area (Å²) in [6.07, 6.45) is 1.77. The van der Waals surface area contributed by atoms with Crippen molar-refractivity contribution in [2.24, 2.45) is 0 Å². The van der Waals surface area contributed by atoms with Gasteiger partial charge in [0.1, 0.15) is 17.2 Å². The molecule has 2 aromatic rings. The van der Waals surface area contributed by atoms with Crippen molar-refractivity contribution in [3.63, 3.8) is 0 Å². The summed E-state index contributed by atoms with van der Waals surface area (Å²) >= 11 is 0. The Balaban J connectivity index is 1.99. The second-order valence-electron chi connectivity index (χ2n) is 6.95. The molecule has 1 atom stereocenters. The van der Waals surface area contributed by atoms with Crippen molar-refractivity contribution in [2.75, 3.05) is 20.8 Å². The van der Waals surface area contributed by atoms with Crippen LogP contribution in [0.4, 0.5) is 0 Å². The first kappa shape index (κ1) is 19.0. The first-order valence-electron chi connectivity index (χ1n) is 9.12. The smallest absolute Gasteiger partial charge is 0.271 e. The fourth-order valence-corrected chi connectivity index (χ4v) is 4.07. The number of hydrogen-bond donors (Lipinski definition) is 1. The van der Waals surface area contributed by atoms with Gasteiger partial charge in [0.15, 0.2) is 5.78 Å². The Morgan fingerprint density at radius 1 is 1.19 bits per heavy atom. The highest BCUT2D eigenvalue weighted by Gasteiger charge is 2.34. The van der Waals surface area contributed by atoms with Gasteiger partial charge in [-0.15, -0.1) is 0 Å². The van der Waals surface area contributed by atoms with Gasteiger partial charge in [0.25, 0.3) is 5.91 Å². The lowest BCUT2D eigenvalue weighted by Crippen LogP contribution is -2.31. The summed E-state index contributed by atoms with van der Waals surface area (Å²) in [5.41, 5.74) is 3.49. The second kappa shape index (κ2) is 7.47. The van der Waals surface area contributed by atoms with Crippen LogP contribution in [0, 0.1) is 13.8 Å². The van der Waals surface area contributed by atoms with Crippen LogP contribution in [0.2, 0.25) is 0 Å². The number of H-pyrrole nitrogens is 1. The fraction of sp³-hybridized carbons (Fsp3) is 0.429. The van der Waals surface area contributed by atoms with E-state index in [0.29, 0.717) is 23.4 Å². The summed E-state index contributed by atoms with van der Waals surface area (Å²) in [5.74, 6) is 1.35. The lowest BCUT2D eigenvalue weighted by atomic mass is 10.0. The number of methoxy groups -OCH3 is 2. The maximum absolute atomic E-state index is 13.3. The van der Waals surface area contributed by atoms with Crippen molar-refractivity contribution >= 4 is 11.7 Å². The minimum absolute atomic E-state index is 0.0345. The number of nitrogens with zero attached hydrogens (tertiary/aromatic N) is 1. The highest BCUT2D eigenvalue weighted by molar-refractivity contribution is 6.02. The number of aryl methyl sites for hydroxylation is 1. The van der Waals surface area contributed by atoms with E-state index < -0.39 is 0 Å². The molecule has 144 valence electrons. The van der Waals surface area contributed by atoms with E-state index in [1.54, 1.807) is 14.2 Å². The molecular formula is C21H26N2O4. The number of carbonyl (C=O) groups is 2. The van der Waals surface area contributed by atoms with Gasteiger partial charge < -0.3 is 19.4 Å². The highest BCUT2D eigenvalue weighted by Crippen LogP contribution is 2.40. The Hall–Kier alpha value is -2.76. The molecule has 0 saturated carbocycles. The van der Waals surface area contributed by atoms with Gasteiger partial charge in [0.05, 0.1) is 20.3 Å². The number of ketones is 1. The third kappa shape index (κ3) is 3.31. The van der Waals surface area contributed by atoms with Crippen molar-refractivity contribution < 1.29 is 19.1 Å². The van der Waals surface area contributed by atoms with E-state index in [4.69, 9.17) is 9.47 Å². The molecule has 1 aliphatic heterocycles. The van der Waals surface area contributed by atoms with E-state index in [0.717, 1.165) is 35.6 Å². The maximum atomic E-state index is 13.3. The number of likely N-dealkylation sites (tertiary alicyclic amines) is 1. The normalized spacial score (nSPS) is 16.5. The lowest BCUT2D eigenvalue weighted by Gasteiger charge is -2.26. The molecule has 6 nitrogen and oxygen atoms in total.